The minimum Gasteiger partial charge on any atom is -0.507 e. The topological polar surface area (TPSA) is 71.2 Å². The van der Waals surface area contributed by atoms with E-state index in [9.17, 15) is 5.11 Å². The van der Waals surface area contributed by atoms with Gasteiger partial charge in [-0.25, -0.2) is 0 Å². The van der Waals surface area contributed by atoms with E-state index >= 15 is 0 Å². The quantitative estimate of drug-likeness (QED) is 0.830. The molecule has 5 nitrogen and oxygen atoms in total. The predicted octanol–water partition coefficient (Wildman–Crippen LogP) is 1.20. The number of hydrogen-bond acceptors (Lipinski definition) is 5. The average Bonchev–Trinajstić information content (AvgIpc) is 2.73. The third kappa shape index (κ3) is 2.01. The SMILES string of the molecule is Oc1ccccc1-c1noc(CC2CNC2)n1. The lowest BCUT2D eigenvalue weighted by Gasteiger charge is -2.25. The van der Waals surface area contributed by atoms with Crippen LogP contribution in [0.25, 0.3) is 11.4 Å². The summed E-state index contributed by atoms with van der Waals surface area (Å²) >= 11 is 0. The van der Waals surface area contributed by atoms with Gasteiger partial charge in [0.25, 0.3) is 0 Å². The summed E-state index contributed by atoms with van der Waals surface area (Å²) in [7, 11) is 0. The van der Waals surface area contributed by atoms with Gasteiger partial charge >= 0.3 is 0 Å². The second-order valence-electron chi connectivity index (χ2n) is 4.26. The summed E-state index contributed by atoms with van der Waals surface area (Å²) in [6.45, 7) is 2.02. The van der Waals surface area contributed by atoms with Gasteiger partial charge in [0.15, 0.2) is 0 Å². The van der Waals surface area contributed by atoms with Crippen molar-refractivity contribution < 1.29 is 9.63 Å². The fourth-order valence-electron chi connectivity index (χ4n) is 1.85. The van der Waals surface area contributed by atoms with Crippen molar-refractivity contribution in [1.29, 1.82) is 0 Å². The third-order valence-electron chi connectivity index (χ3n) is 2.94. The maximum absolute atomic E-state index is 9.68. The van der Waals surface area contributed by atoms with Gasteiger partial charge in [0.1, 0.15) is 5.75 Å². The van der Waals surface area contributed by atoms with Gasteiger partial charge in [-0.15, -0.1) is 0 Å². The first kappa shape index (κ1) is 10.3. The van der Waals surface area contributed by atoms with Crippen LogP contribution in [0, 0.1) is 5.92 Å². The van der Waals surface area contributed by atoms with Gasteiger partial charge < -0.3 is 14.9 Å². The molecule has 2 aromatic rings. The molecule has 88 valence electrons. The molecule has 0 bridgehead atoms. The third-order valence-corrected chi connectivity index (χ3v) is 2.94. The van der Waals surface area contributed by atoms with E-state index in [2.05, 4.69) is 15.5 Å². The smallest absolute Gasteiger partial charge is 0.227 e. The van der Waals surface area contributed by atoms with E-state index in [1.165, 1.54) is 0 Å². The number of aromatic nitrogens is 2. The highest BCUT2D eigenvalue weighted by molar-refractivity contribution is 5.62. The Labute approximate surface area is 98.5 Å². The molecule has 1 aliphatic rings. The lowest BCUT2D eigenvalue weighted by molar-refractivity contribution is 0.296. The van der Waals surface area contributed by atoms with Crippen molar-refractivity contribution in [2.45, 2.75) is 6.42 Å². The molecule has 1 aromatic carbocycles. The molecule has 0 aliphatic carbocycles. The Bertz CT molecular complexity index is 520. The molecule has 1 fully saturated rings. The zero-order valence-electron chi connectivity index (χ0n) is 9.26. The zero-order chi connectivity index (χ0) is 11.7. The summed E-state index contributed by atoms with van der Waals surface area (Å²) in [4.78, 5) is 4.30. The molecule has 1 aromatic heterocycles. The molecule has 0 atom stereocenters. The van der Waals surface area contributed by atoms with Crippen LogP contribution in [0.3, 0.4) is 0 Å². The lowest BCUT2D eigenvalue weighted by Crippen LogP contribution is -2.43. The molecule has 0 spiro atoms. The van der Waals surface area contributed by atoms with Crippen molar-refractivity contribution in [3.8, 4) is 17.1 Å². The second kappa shape index (κ2) is 4.18. The highest BCUT2D eigenvalue weighted by Gasteiger charge is 2.21. The molecule has 0 amide bonds. The van der Waals surface area contributed by atoms with E-state index in [0.29, 0.717) is 23.2 Å². The number of rotatable bonds is 3. The van der Waals surface area contributed by atoms with Crippen molar-refractivity contribution in [1.82, 2.24) is 15.5 Å². The zero-order valence-corrected chi connectivity index (χ0v) is 9.26. The molecule has 1 aliphatic heterocycles. The van der Waals surface area contributed by atoms with Crippen molar-refractivity contribution in [3.63, 3.8) is 0 Å². The summed E-state index contributed by atoms with van der Waals surface area (Å²) in [6.07, 6.45) is 0.799. The molecule has 0 unspecified atom stereocenters. The minimum absolute atomic E-state index is 0.171. The fourth-order valence-corrected chi connectivity index (χ4v) is 1.85. The highest BCUT2D eigenvalue weighted by atomic mass is 16.5. The number of nitrogens with one attached hydrogen (secondary N) is 1. The Hall–Kier alpha value is -1.88. The van der Waals surface area contributed by atoms with Crippen LogP contribution >= 0.6 is 0 Å². The van der Waals surface area contributed by atoms with Crippen LogP contribution in [-0.2, 0) is 6.42 Å². The first-order valence-corrected chi connectivity index (χ1v) is 5.64. The molecule has 2 heterocycles. The van der Waals surface area contributed by atoms with Crippen LogP contribution in [0.4, 0.5) is 0 Å². The highest BCUT2D eigenvalue weighted by Crippen LogP contribution is 2.26. The van der Waals surface area contributed by atoms with Crippen molar-refractivity contribution in [2.75, 3.05) is 13.1 Å². The number of nitrogens with zero attached hydrogens (tertiary/aromatic N) is 2. The van der Waals surface area contributed by atoms with Gasteiger partial charge in [0.2, 0.25) is 11.7 Å². The van der Waals surface area contributed by atoms with Gasteiger partial charge in [-0.2, -0.15) is 4.98 Å². The van der Waals surface area contributed by atoms with Crippen molar-refractivity contribution in [3.05, 3.63) is 30.2 Å². The van der Waals surface area contributed by atoms with Crippen LogP contribution in [0.5, 0.6) is 5.75 Å². The molecular weight excluding hydrogens is 218 g/mol. The van der Waals surface area contributed by atoms with Gasteiger partial charge in [0.05, 0.1) is 5.56 Å². The molecule has 0 radical (unpaired) electrons. The standard InChI is InChI=1S/C12H13N3O2/c16-10-4-2-1-3-9(10)12-14-11(17-15-12)5-8-6-13-7-8/h1-4,8,13,16H,5-7H2. The second-order valence-corrected chi connectivity index (χ2v) is 4.26. The maximum Gasteiger partial charge on any atom is 0.227 e. The van der Waals surface area contributed by atoms with E-state index in [4.69, 9.17) is 4.52 Å². The number of phenolic OH excluding ortho intramolecular Hbond substituents is 1. The Morgan fingerprint density at radius 2 is 2.18 bits per heavy atom. The first-order chi connectivity index (χ1) is 8.33. The Kier molecular flexibility index (Phi) is 2.53. The number of hydrogen-bond donors (Lipinski definition) is 2. The summed E-state index contributed by atoms with van der Waals surface area (Å²) < 4.78 is 5.18. The monoisotopic (exact) mass is 231 g/mol. The van der Waals surface area contributed by atoms with Gasteiger partial charge in [-0.3, -0.25) is 0 Å². The molecule has 17 heavy (non-hydrogen) atoms. The predicted molar refractivity (Wildman–Crippen MR) is 61.5 cm³/mol. The van der Waals surface area contributed by atoms with Gasteiger partial charge in [-0.05, 0) is 31.1 Å². The van der Waals surface area contributed by atoms with E-state index in [1.54, 1.807) is 18.2 Å². The minimum atomic E-state index is 0.171. The number of aromatic hydroxyl groups is 1. The summed E-state index contributed by atoms with van der Waals surface area (Å²) in [5.41, 5.74) is 0.606. The van der Waals surface area contributed by atoms with Gasteiger partial charge in [0, 0.05) is 6.42 Å². The van der Waals surface area contributed by atoms with Crippen LogP contribution in [0.1, 0.15) is 5.89 Å². The van der Waals surface area contributed by atoms with Crippen LogP contribution in [0.2, 0.25) is 0 Å². The Balaban J connectivity index is 1.82. The molecule has 3 rings (SSSR count). The number of phenols is 1. The Morgan fingerprint density at radius 3 is 2.88 bits per heavy atom. The summed E-state index contributed by atoms with van der Waals surface area (Å²) in [6, 6.07) is 6.98. The lowest BCUT2D eigenvalue weighted by atomic mass is 10.00. The van der Waals surface area contributed by atoms with E-state index in [-0.39, 0.29) is 5.75 Å². The summed E-state index contributed by atoms with van der Waals surface area (Å²) in [5.74, 6) is 1.85. The van der Waals surface area contributed by atoms with E-state index in [0.717, 1.165) is 19.5 Å². The number of para-hydroxylation sites is 1. The van der Waals surface area contributed by atoms with Crippen LogP contribution in [-0.4, -0.2) is 28.3 Å². The first-order valence-electron chi connectivity index (χ1n) is 5.64. The largest absolute Gasteiger partial charge is 0.507 e. The molecular formula is C12H13N3O2. The van der Waals surface area contributed by atoms with E-state index in [1.807, 2.05) is 6.07 Å². The van der Waals surface area contributed by atoms with Gasteiger partial charge in [-0.1, -0.05) is 17.3 Å². The van der Waals surface area contributed by atoms with Crippen molar-refractivity contribution in [2.24, 2.45) is 5.92 Å². The Morgan fingerprint density at radius 1 is 1.35 bits per heavy atom. The molecule has 2 N–H and O–H groups in total. The van der Waals surface area contributed by atoms with Crippen molar-refractivity contribution >= 4 is 0 Å². The maximum atomic E-state index is 9.68. The molecule has 1 saturated heterocycles. The summed E-state index contributed by atoms with van der Waals surface area (Å²) in [5, 5.41) is 16.8. The number of benzene rings is 1. The molecule has 5 heteroatoms. The van der Waals surface area contributed by atoms with Crippen LogP contribution in [0.15, 0.2) is 28.8 Å². The molecule has 0 saturated carbocycles. The average molecular weight is 231 g/mol. The fraction of sp³-hybridized carbons (Fsp3) is 0.333. The van der Waals surface area contributed by atoms with Crippen LogP contribution < -0.4 is 5.32 Å². The van der Waals surface area contributed by atoms with E-state index < -0.39 is 0 Å². The normalized spacial score (nSPS) is 15.8.